The number of aromatic hydroxyl groups is 1. The molecule has 5 heteroatoms. The maximum atomic E-state index is 12.6. The number of methoxy groups -OCH3 is 1. The standard InChI is InChI=1S/C17H16O5/c1-21-15-7-11-14(8-13(15)18)22-9-12(17(11)20)16(19)10-5-3-2-4-6-10/h2-8,12,16,18-19H,9H2,1H3. The molecular formula is C17H16O5. The molecule has 0 aliphatic carbocycles. The summed E-state index contributed by atoms with van der Waals surface area (Å²) in [6.45, 7) is 0.0632. The van der Waals surface area contributed by atoms with Crippen LogP contribution in [-0.2, 0) is 0 Å². The maximum absolute atomic E-state index is 12.6. The lowest BCUT2D eigenvalue weighted by atomic mass is 9.87. The average molecular weight is 300 g/mol. The van der Waals surface area contributed by atoms with Gasteiger partial charge in [-0.3, -0.25) is 4.79 Å². The molecule has 1 aliphatic rings. The molecule has 22 heavy (non-hydrogen) atoms. The van der Waals surface area contributed by atoms with E-state index < -0.39 is 12.0 Å². The Labute approximate surface area is 127 Å². The van der Waals surface area contributed by atoms with Gasteiger partial charge in [-0.2, -0.15) is 0 Å². The summed E-state index contributed by atoms with van der Waals surface area (Å²) in [5, 5.41) is 20.2. The van der Waals surface area contributed by atoms with Gasteiger partial charge in [-0.1, -0.05) is 30.3 Å². The second-order valence-electron chi connectivity index (χ2n) is 5.16. The highest BCUT2D eigenvalue weighted by Gasteiger charge is 2.35. The molecule has 3 rings (SSSR count). The Morgan fingerprint density at radius 1 is 1.27 bits per heavy atom. The second kappa shape index (κ2) is 5.69. The lowest BCUT2D eigenvalue weighted by molar-refractivity contribution is 0.0478. The SMILES string of the molecule is COc1cc2c(cc1O)OCC(C(O)c1ccccc1)C2=O. The van der Waals surface area contributed by atoms with Crippen molar-refractivity contribution in [1.82, 2.24) is 0 Å². The fourth-order valence-corrected chi connectivity index (χ4v) is 2.60. The van der Waals surface area contributed by atoms with E-state index in [1.54, 1.807) is 12.1 Å². The number of phenolic OH excluding ortho intramolecular Hbond substituents is 1. The van der Waals surface area contributed by atoms with Crippen LogP contribution < -0.4 is 9.47 Å². The molecule has 2 unspecified atom stereocenters. The minimum atomic E-state index is -0.943. The van der Waals surface area contributed by atoms with E-state index in [1.165, 1.54) is 19.2 Å². The van der Waals surface area contributed by atoms with Gasteiger partial charge in [0.1, 0.15) is 12.4 Å². The summed E-state index contributed by atoms with van der Waals surface area (Å²) in [6.07, 6.45) is -0.943. The van der Waals surface area contributed by atoms with Crippen molar-refractivity contribution in [2.75, 3.05) is 13.7 Å². The first kappa shape index (κ1) is 14.4. The molecule has 0 saturated carbocycles. The van der Waals surface area contributed by atoms with Crippen molar-refractivity contribution in [2.45, 2.75) is 6.10 Å². The number of ether oxygens (including phenoxy) is 2. The molecule has 0 fully saturated rings. The van der Waals surface area contributed by atoms with E-state index in [1.807, 2.05) is 18.2 Å². The number of phenols is 1. The summed E-state index contributed by atoms with van der Waals surface area (Å²) in [4.78, 5) is 12.6. The van der Waals surface area contributed by atoms with Crippen LogP contribution in [0.3, 0.4) is 0 Å². The van der Waals surface area contributed by atoms with Crippen molar-refractivity contribution in [1.29, 1.82) is 0 Å². The molecule has 0 radical (unpaired) electrons. The van der Waals surface area contributed by atoms with Crippen LogP contribution in [0.5, 0.6) is 17.2 Å². The van der Waals surface area contributed by atoms with Crippen LogP contribution in [0.2, 0.25) is 0 Å². The highest BCUT2D eigenvalue weighted by atomic mass is 16.5. The largest absolute Gasteiger partial charge is 0.504 e. The smallest absolute Gasteiger partial charge is 0.176 e. The van der Waals surface area contributed by atoms with Crippen molar-refractivity contribution in [3.8, 4) is 17.2 Å². The summed E-state index contributed by atoms with van der Waals surface area (Å²) in [7, 11) is 1.41. The Morgan fingerprint density at radius 3 is 2.68 bits per heavy atom. The summed E-state index contributed by atoms with van der Waals surface area (Å²) in [5.41, 5.74) is 0.972. The molecule has 114 valence electrons. The highest BCUT2D eigenvalue weighted by molar-refractivity contribution is 6.02. The van der Waals surface area contributed by atoms with Crippen molar-refractivity contribution in [3.05, 3.63) is 53.6 Å². The van der Waals surface area contributed by atoms with Gasteiger partial charge in [-0.15, -0.1) is 0 Å². The van der Waals surface area contributed by atoms with Crippen molar-refractivity contribution >= 4 is 5.78 Å². The molecule has 0 spiro atoms. The predicted molar refractivity (Wildman–Crippen MR) is 79.4 cm³/mol. The maximum Gasteiger partial charge on any atom is 0.176 e. The Morgan fingerprint density at radius 2 is 2.00 bits per heavy atom. The quantitative estimate of drug-likeness (QED) is 0.910. The molecule has 1 aliphatic heterocycles. The highest BCUT2D eigenvalue weighted by Crippen LogP contribution is 2.39. The molecule has 2 atom stereocenters. The number of carbonyl (C=O) groups excluding carboxylic acids is 1. The van der Waals surface area contributed by atoms with Gasteiger partial charge < -0.3 is 19.7 Å². The van der Waals surface area contributed by atoms with Gasteiger partial charge >= 0.3 is 0 Å². The zero-order valence-electron chi connectivity index (χ0n) is 12.0. The van der Waals surface area contributed by atoms with Gasteiger partial charge in [0, 0.05) is 6.07 Å². The topological polar surface area (TPSA) is 76.0 Å². The van der Waals surface area contributed by atoms with Crippen LogP contribution in [0.15, 0.2) is 42.5 Å². The van der Waals surface area contributed by atoms with E-state index in [-0.39, 0.29) is 23.9 Å². The van der Waals surface area contributed by atoms with Gasteiger partial charge in [-0.05, 0) is 11.6 Å². The van der Waals surface area contributed by atoms with Gasteiger partial charge in [0.15, 0.2) is 17.3 Å². The first-order chi connectivity index (χ1) is 10.6. The molecule has 0 bridgehead atoms. The first-order valence-corrected chi connectivity index (χ1v) is 6.93. The fourth-order valence-electron chi connectivity index (χ4n) is 2.60. The summed E-state index contributed by atoms with van der Waals surface area (Å²) in [5.74, 6) is -0.499. The number of hydrogen-bond acceptors (Lipinski definition) is 5. The van der Waals surface area contributed by atoms with E-state index in [9.17, 15) is 15.0 Å². The van der Waals surface area contributed by atoms with Crippen LogP contribution in [0.1, 0.15) is 22.0 Å². The average Bonchev–Trinajstić information content (AvgIpc) is 2.55. The van der Waals surface area contributed by atoms with Gasteiger partial charge in [0.05, 0.1) is 24.7 Å². The van der Waals surface area contributed by atoms with Crippen molar-refractivity contribution in [2.24, 2.45) is 5.92 Å². The normalized spacial score (nSPS) is 18.3. The third-order valence-electron chi connectivity index (χ3n) is 3.82. The number of aliphatic hydroxyl groups excluding tert-OH is 1. The minimum Gasteiger partial charge on any atom is -0.504 e. The molecule has 0 saturated heterocycles. The Hall–Kier alpha value is -2.53. The lowest BCUT2D eigenvalue weighted by Crippen LogP contribution is -2.32. The first-order valence-electron chi connectivity index (χ1n) is 6.93. The van der Waals surface area contributed by atoms with Crippen LogP contribution in [0.4, 0.5) is 0 Å². The van der Waals surface area contributed by atoms with Gasteiger partial charge in [0.2, 0.25) is 0 Å². The van der Waals surface area contributed by atoms with Crippen LogP contribution in [0.25, 0.3) is 0 Å². The number of aliphatic hydroxyl groups is 1. The monoisotopic (exact) mass is 300 g/mol. The number of benzene rings is 2. The van der Waals surface area contributed by atoms with Crippen LogP contribution in [-0.4, -0.2) is 29.7 Å². The van der Waals surface area contributed by atoms with Crippen molar-refractivity contribution in [3.63, 3.8) is 0 Å². The third-order valence-corrected chi connectivity index (χ3v) is 3.82. The van der Waals surface area contributed by atoms with Gasteiger partial charge in [0.25, 0.3) is 0 Å². The molecule has 0 amide bonds. The Bertz CT molecular complexity index is 696. The molecule has 1 heterocycles. The molecule has 5 nitrogen and oxygen atoms in total. The van der Waals surface area contributed by atoms with E-state index in [2.05, 4.69) is 0 Å². The molecular weight excluding hydrogens is 284 g/mol. The van der Waals surface area contributed by atoms with E-state index in [0.717, 1.165) is 0 Å². The van der Waals surface area contributed by atoms with Crippen molar-refractivity contribution < 1.29 is 24.5 Å². The van der Waals surface area contributed by atoms with E-state index in [0.29, 0.717) is 16.9 Å². The van der Waals surface area contributed by atoms with Crippen LogP contribution in [0, 0.1) is 5.92 Å². The fraction of sp³-hybridized carbons (Fsp3) is 0.235. The molecule has 2 aromatic carbocycles. The zero-order chi connectivity index (χ0) is 15.7. The van der Waals surface area contributed by atoms with Gasteiger partial charge in [-0.25, -0.2) is 0 Å². The second-order valence-corrected chi connectivity index (χ2v) is 5.16. The number of ketones is 1. The number of fused-ring (bicyclic) bond motifs is 1. The summed E-state index contributed by atoms with van der Waals surface area (Å²) in [6, 6.07) is 11.8. The number of hydrogen-bond donors (Lipinski definition) is 2. The molecule has 2 aromatic rings. The number of rotatable bonds is 3. The summed E-state index contributed by atoms with van der Waals surface area (Å²) >= 11 is 0. The van der Waals surface area contributed by atoms with E-state index in [4.69, 9.17) is 9.47 Å². The molecule has 2 N–H and O–H groups in total. The number of Topliss-reactive ketones (excluding diaryl/α,β-unsaturated/α-hetero) is 1. The Balaban J connectivity index is 1.94. The predicted octanol–water partition coefficient (Wildman–Crippen LogP) is 2.33. The zero-order valence-corrected chi connectivity index (χ0v) is 12.0. The summed E-state index contributed by atoms with van der Waals surface area (Å²) < 4.78 is 10.6. The minimum absolute atomic E-state index is 0.0632. The molecule has 0 aromatic heterocycles. The van der Waals surface area contributed by atoms with Crippen LogP contribution >= 0.6 is 0 Å². The Kier molecular flexibility index (Phi) is 3.73. The van der Waals surface area contributed by atoms with E-state index >= 15 is 0 Å². The lowest BCUT2D eigenvalue weighted by Gasteiger charge is -2.28. The third kappa shape index (κ3) is 2.40. The number of carbonyl (C=O) groups is 1.